The Kier molecular flexibility index (Phi) is 7.65. The summed E-state index contributed by atoms with van der Waals surface area (Å²) in [6.07, 6.45) is 4.65. The van der Waals surface area contributed by atoms with Gasteiger partial charge in [0.1, 0.15) is 5.58 Å². The van der Waals surface area contributed by atoms with Gasteiger partial charge in [0, 0.05) is 17.3 Å². The van der Waals surface area contributed by atoms with Crippen molar-refractivity contribution in [3.05, 3.63) is 107 Å². The molecule has 0 fully saturated rings. The molecule has 0 aliphatic heterocycles. The lowest BCUT2D eigenvalue weighted by Crippen LogP contribution is -2.27. The molecule has 3 heteroatoms. The van der Waals surface area contributed by atoms with E-state index >= 15 is 0 Å². The third-order valence-corrected chi connectivity index (χ3v) is 5.67. The Labute approximate surface area is 190 Å². The number of aryl methyl sites for hydroxylation is 1. The van der Waals surface area contributed by atoms with E-state index in [0.29, 0.717) is 12.1 Å². The van der Waals surface area contributed by atoms with Crippen LogP contribution in [-0.2, 0) is 11.8 Å². The summed E-state index contributed by atoms with van der Waals surface area (Å²) < 4.78 is 5.12. The maximum absolute atomic E-state index is 9.48. The molecule has 2 N–H and O–H groups in total. The van der Waals surface area contributed by atoms with Crippen molar-refractivity contribution < 1.29 is 4.42 Å². The number of hydrogen-bond donors (Lipinski definition) is 1. The highest BCUT2D eigenvalue weighted by molar-refractivity contribution is 5.89. The van der Waals surface area contributed by atoms with E-state index in [1.807, 2.05) is 48.5 Å². The topological polar surface area (TPSA) is 63.0 Å². The summed E-state index contributed by atoms with van der Waals surface area (Å²) in [4.78, 5) is 0. The Hall–Kier alpha value is -3.61. The van der Waals surface area contributed by atoms with E-state index in [2.05, 4.69) is 63.2 Å². The van der Waals surface area contributed by atoms with E-state index in [4.69, 9.17) is 10.2 Å². The minimum absolute atomic E-state index is 0.0506. The standard InChI is InChI=1S/C21H24N2.C8H6O/c1-4-16-5-7-17(8-6-16)13-19(14-22)18-9-11-20(12-10-18)21(2,3)15-23;1-2-4-8-7(3-1)5-6-9-8/h5-13H,4,15,23H2,1-3H3;1-6H/b19-13+;. The minimum atomic E-state index is -0.0506. The normalized spacial score (nSPS) is 11.5. The van der Waals surface area contributed by atoms with Gasteiger partial charge in [-0.2, -0.15) is 5.26 Å². The van der Waals surface area contributed by atoms with Gasteiger partial charge in [0.05, 0.1) is 17.9 Å². The summed E-state index contributed by atoms with van der Waals surface area (Å²) in [5.41, 5.74) is 11.9. The van der Waals surface area contributed by atoms with Gasteiger partial charge < -0.3 is 10.2 Å². The number of furan rings is 1. The molecule has 0 saturated carbocycles. The van der Waals surface area contributed by atoms with Crippen LogP contribution in [0.5, 0.6) is 0 Å². The molecule has 32 heavy (non-hydrogen) atoms. The summed E-state index contributed by atoms with van der Waals surface area (Å²) in [7, 11) is 0. The van der Waals surface area contributed by atoms with Crippen LogP contribution < -0.4 is 5.73 Å². The smallest absolute Gasteiger partial charge is 0.133 e. The molecule has 0 spiro atoms. The fourth-order valence-electron chi connectivity index (χ4n) is 3.32. The number of para-hydroxylation sites is 1. The number of nitriles is 1. The molecule has 3 aromatic carbocycles. The zero-order valence-corrected chi connectivity index (χ0v) is 19.0. The molecule has 0 unspecified atom stereocenters. The van der Waals surface area contributed by atoms with E-state index < -0.39 is 0 Å². The highest BCUT2D eigenvalue weighted by Crippen LogP contribution is 2.25. The average Bonchev–Trinajstić information content (AvgIpc) is 3.32. The summed E-state index contributed by atoms with van der Waals surface area (Å²) in [6, 6.07) is 28.7. The zero-order valence-electron chi connectivity index (χ0n) is 19.0. The monoisotopic (exact) mass is 422 g/mol. The fraction of sp³-hybridized carbons (Fsp3) is 0.207. The van der Waals surface area contributed by atoms with Gasteiger partial charge in [-0.1, -0.05) is 87.5 Å². The Morgan fingerprint density at radius 3 is 2.25 bits per heavy atom. The molecule has 0 aliphatic carbocycles. The van der Waals surface area contributed by atoms with Gasteiger partial charge in [0.25, 0.3) is 0 Å². The van der Waals surface area contributed by atoms with Crippen LogP contribution in [0.15, 0.2) is 89.5 Å². The second-order valence-corrected chi connectivity index (χ2v) is 8.39. The van der Waals surface area contributed by atoms with Gasteiger partial charge in [0.15, 0.2) is 0 Å². The van der Waals surface area contributed by atoms with Crippen LogP contribution in [-0.4, -0.2) is 6.54 Å². The zero-order chi connectivity index (χ0) is 23.0. The lowest BCUT2D eigenvalue weighted by atomic mass is 9.84. The molecule has 3 nitrogen and oxygen atoms in total. The summed E-state index contributed by atoms with van der Waals surface area (Å²) >= 11 is 0. The lowest BCUT2D eigenvalue weighted by molar-refractivity contribution is 0.539. The Morgan fingerprint density at radius 1 is 0.969 bits per heavy atom. The second kappa shape index (κ2) is 10.6. The average molecular weight is 423 g/mol. The minimum Gasteiger partial charge on any atom is -0.464 e. The van der Waals surface area contributed by atoms with Crippen LogP contribution in [0.1, 0.15) is 43.0 Å². The fourth-order valence-corrected chi connectivity index (χ4v) is 3.32. The number of nitrogens with zero attached hydrogens (tertiary/aromatic N) is 1. The van der Waals surface area contributed by atoms with Crippen molar-refractivity contribution in [2.24, 2.45) is 5.73 Å². The molecule has 1 heterocycles. The van der Waals surface area contributed by atoms with Crippen LogP contribution in [0.3, 0.4) is 0 Å². The number of benzene rings is 3. The predicted molar refractivity (Wildman–Crippen MR) is 134 cm³/mol. The molecule has 0 saturated heterocycles. The highest BCUT2D eigenvalue weighted by atomic mass is 16.3. The second-order valence-electron chi connectivity index (χ2n) is 8.39. The quantitative estimate of drug-likeness (QED) is 0.279. The molecule has 162 valence electrons. The van der Waals surface area contributed by atoms with Crippen LogP contribution in [0.25, 0.3) is 22.6 Å². The van der Waals surface area contributed by atoms with E-state index in [0.717, 1.165) is 28.5 Å². The third kappa shape index (κ3) is 5.75. The number of allylic oxidation sites excluding steroid dienone is 1. The molecule has 4 aromatic rings. The van der Waals surface area contributed by atoms with Gasteiger partial charge in [0.2, 0.25) is 0 Å². The SMILES string of the molecule is CCc1ccc(/C=C(\C#N)c2ccc(C(C)(C)CN)cc2)cc1.c1ccc2occc2c1. The van der Waals surface area contributed by atoms with Crippen molar-refractivity contribution in [1.29, 1.82) is 5.26 Å². The lowest BCUT2D eigenvalue weighted by Gasteiger charge is -2.23. The molecule has 0 atom stereocenters. The third-order valence-electron chi connectivity index (χ3n) is 5.67. The first-order valence-electron chi connectivity index (χ1n) is 10.9. The van der Waals surface area contributed by atoms with Gasteiger partial charge in [-0.15, -0.1) is 0 Å². The van der Waals surface area contributed by atoms with Crippen molar-refractivity contribution in [3.63, 3.8) is 0 Å². The van der Waals surface area contributed by atoms with Crippen molar-refractivity contribution in [2.75, 3.05) is 6.54 Å². The van der Waals surface area contributed by atoms with Crippen molar-refractivity contribution >= 4 is 22.6 Å². The maximum Gasteiger partial charge on any atom is 0.133 e. The molecule has 0 aliphatic rings. The Balaban J connectivity index is 0.000000264. The number of fused-ring (bicyclic) bond motifs is 1. The molecule has 0 radical (unpaired) electrons. The van der Waals surface area contributed by atoms with Gasteiger partial charge >= 0.3 is 0 Å². The summed E-state index contributed by atoms with van der Waals surface area (Å²) in [5, 5.41) is 10.6. The molecular formula is C29H30N2O. The van der Waals surface area contributed by atoms with E-state index in [9.17, 15) is 5.26 Å². The van der Waals surface area contributed by atoms with E-state index in [-0.39, 0.29) is 5.41 Å². The Morgan fingerprint density at radius 2 is 1.66 bits per heavy atom. The molecular weight excluding hydrogens is 392 g/mol. The molecule has 4 rings (SSSR count). The van der Waals surface area contributed by atoms with E-state index in [1.54, 1.807) is 6.26 Å². The van der Waals surface area contributed by atoms with Crippen LogP contribution >= 0.6 is 0 Å². The first-order chi connectivity index (χ1) is 15.5. The number of hydrogen-bond acceptors (Lipinski definition) is 3. The van der Waals surface area contributed by atoms with Crippen LogP contribution in [0.2, 0.25) is 0 Å². The van der Waals surface area contributed by atoms with Gasteiger partial charge in [-0.25, -0.2) is 0 Å². The van der Waals surface area contributed by atoms with E-state index in [1.165, 1.54) is 11.1 Å². The van der Waals surface area contributed by atoms with Crippen molar-refractivity contribution in [1.82, 2.24) is 0 Å². The highest BCUT2D eigenvalue weighted by Gasteiger charge is 2.18. The molecule has 0 bridgehead atoms. The first kappa shape index (κ1) is 23.1. The van der Waals surface area contributed by atoms with Crippen LogP contribution in [0.4, 0.5) is 0 Å². The molecule has 1 aromatic heterocycles. The molecule has 0 amide bonds. The van der Waals surface area contributed by atoms with Crippen molar-refractivity contribution in [2.45, 2.75) is 32.6 Å². The largest absolute Gasteiger partial charge is 0.464 e. The predicted octanol–water partition coefficient (Wildman–Crippen LogP) is 6.98. The van der Waals surface area contributed by atoms with Gasteiger partial charge in [-0.05, 0) is 46.9 Å². The van der Waals surface area contributed by atoms with Crippen molar-refractivity contribution in [3.8, 4) is 6.07 Å². The van der Waals surface area contributed by atoms with Crippen LogP contribution in [0, 0.1) is 11.3 Å². The first-order valence-corrected chi connectivity index (χ1v) is 10.9. The maximum atomic E-state index is 9.48. The number of nitrogens with two attached hydrogens (primary N) is 1. The Bertz CT molecular complexity index is 1180. The number of rotatable bonds is 5. The summed E-state index contributed by atoms with van der Waals surface area (Å²) in [6.45, 7) is 6.98. The van der Waals surface area contributed by atoms with Gasteiger partial charge in [-0.3, -0.25) is 0 Å². The summed E-state index contributed by atoms with van der Waals surface area (Å²) in [5.74, 6) is 0.